The van der Waals surface area contributed by atoms with Gasteiger partial charge < -0.3 is 0 Å². The lowest BCUT2D eigenvalue weighted by Crippen LogP contribution is -2.27. The Morgan fingerprint density at radius 2 is 1.56 bits per heavy atom. The van der Waals surface area contributed by atoms with E-state index in [2.05, 4.69) is 10.5 Å². The molecule has 0 saturated heterocycles. The Kier molecular flexibility index (Phi) is 6.05. The maximum absolute atomic E-state index is 12.7. The molecule has 27 heavy (non-hydrogen) atoms. The number of nitrogens with one attached hydrogen (secondary N) is 1. The van der Waals surface area contributed by atoms with Crippen molar-refractivity contribution in [2.24, 2.45) is 10.5 Å². The van der Waals surface area contributed by atoms with Crippen LogP contribution in [0.25, 0.3) is 0 Å². The first-order chi connectivity index (χ1) is 12.5. The standard InChI is InChI=1S/C20H25N3O3S/c1-15(20(2,3)4)21-22-19(24)16-11-13-17(14-12-16)23(5)27(25,26)18-9-7-6-8-10-18/h6-14H,1-5H3,(H,22,24)/b21-15+. The third kappa shape index (κ3) is 4.95. The van der Waals surface area contributed by atoms with Crippen molar-refractivity contribution in [2.45, 2.75) is 32.6 Å². The number of rotatable bonds is 5. The van der Waals surface area contributed by atoms with E-state index in [4.69, 9.17) is 0 Å². The van der Waals surface area contributed by atoms with Crippen molar-refractivity contribution in [1.82, 2.24) is 5.43 Å². The van der Waals surface area contributed by atoms with Gasteiger partial charge in [0.05, 0.1) is 10.6 Å². The fraction of sp³-hybridized carbons (Fsp3) is 0.300. The molecule has 2 rings (SSSR count). The predicted octanol–water partition coefficient (Wildman–Crippen LogP) is 3.66. The summed E-state index contributed by atoms with van der Waals surface area (Å²) >= 11 is 0. The summed E-state index contributed by atoms with van der Waals surface area (Å²) in [6, 6.07) is 14.5. The Labute approximate surface area is 161 Å². The van der Waals surface area contributed by atoms with Crippen molar-refractivity contribution in [3.8, 4) is 0 Å². The van der Waals surface area contributed by atoms with Crippen LogP contribution >= 0.6 is 0 Å². The average molecular weight is 388 g/mol. The Hall–Kier alpha value is -2.67. The van der Waals surface area contributed by atoms with Gasteiger partial charge in [-0.05, 0) is 43.3 Å². The Morgan fingerprint density at radius 1 is 1.00 bits per heavy atom. The Bertz CT molecular complexity index is 929. The van der Waals surface area contributed by atoms with Crippen molar-refractivity contribution >= 4 is 27.3 Å². The van der Waals surface area contributed by atoms with Crippen LogP contribution < -0.4 is 9.73 Å². The maximum Gasteiger partial charge on any atom is 0.271 e. The van der Waals surface area contributed by atoms with Gasteiger partial charge in [0.2, 0.25) is 0 Å². The number of hydrogen-bond acceptors (Lipinski definition) is 4. The van der Waals surface area contributed by atoms with Crippen LogP contribution in [0.2, 0.25) is 0 Å². The van der Waals surface area contributed by atoms with E-state index >= 15 is 0 Å². The molecule has 0 aliphatic rings. The number of benzene rings is 2. The molecular weight excluding hydrogens is 362 g/mol. The minimum atomic E-state index is -3.65. The summed E-state index contributed by atoms with van der Waals surface area (Å²) in [5, 5.41) is 4.12. The number of hydrogen-bond donors (Lipinski definition) is 1. The van der Waals surface area contributed by atoms with E-state index in [1.54, 1.807) is 54.6 Å². The van der Waals surface area contributed by atoms with E-state index < -0.39 is 10.0 Å². The molecule has 7 heteroatoms. The molecule has 0 aliphatic heterocycles. The lowest BCUT2D eigenvalue weighted by Gasteiger charge is -2.20. The number of sulfonamides is 1. The van der Waals surface area contributed by atoms with Gasteiger partial charge in [-0.2, -0.15) is 5.10 Å². The Morgan fingerprint density at radius 3 is 2.07 bits per heavy atom. The average Bonchev–Trinajstić information content (AvgIpc) is 2.65. The summed E-state index contributed by atoms with van der Waals surface area (Å²) < 4.78 is 26.5. The number of carbonyl (C=O) groups is 1. The van der Waals surface area contributed by atoms with Crippen molar-refractivity contribution in [2.75, 3.05) is 11.4 Å². The normalized spacial score (nSPS) is 12.6. The highest BCUT2D eigenvalue weighted by Gasteiger charge is 2.21. The van der Waals surface area contributed by atoms with Gasteiger partial charge in [-0.15, -0.1) is 0 Å². The third-order valence-electron chi connectivity index (χ3n) is 4.31. The fourth-order valence-electron chi connectivity index (χ4n) is 2.08. The molecule has 0 heterocycles. The SMILES string of the molecule is C/C(=N\NC(=O)c1ccc(N(C)S(=O)(=O)c2ccccc2)cc1)C(C)(C)C. The first-order valence-corrected chi connectivity index (χ1v) is 9.96. The van der Waals surface area contributed by atoms with E-state index in [9.17, 15) is 13.2 Å². The van der Waals surface area contributed by atoms with E-state index in [-0.39, 0.29) is 16.2 Å². The second-order valence-corrected chi connectivity index (χ2v) is 9.19. The highest BCUT2D eigenvalue weighted by atomic mass is 32.2. The molecule has 0 fully saturated rings. The summed E-state index contributed by atoms with van der Waals surface area (Å²) in [5.74, 6) is -0.348. The van der Waals surface area contributed by atoms with Gasteiger partial charge in [0.15, 0.2) is 0 Å². The van der Waals surface area contributed by atoms with Gasteiger partial charge in [-0.25, -0.2) is 13.8 Å². The van der Waals surface area contributed by atoms with Crippen molar-refractivity contribution in [3.63, 3.8) is 0 Å². The number of hydrazone groups is 1. The molecule has 0 spiro atoms. The minimum Gasteiger partial charge on any atom is -0.269 e. The van der Waals surface area contributed by atoms with E-state index in [0.29, 0.717) is 11.3 Å². The summed E-state index contributed by atoms with van der Waals surface area (Å²) in [4.78, 5) is 12.4. The van der Waals surface area contributed by atoms with Crippen molar-refractivity contribution < 1.29 is 13.2 Å². The van der Waals surface area contributed by atoms with Gasteiger partial charge in [0.1, 0.15) is 0 Å². The van der Waals surface area contributed by atoms with E-state index in [0.717, 1.165) is 5.71 Å². The minimum absolute atomic E-state index is 0.133. The second-order valence-electron chi connectivity index (χ2n) is 7.22. The van der Waals surface area contributed by atoms with Gasteiger partial charge in [0, 0.05) is 23.7 Å². The van der Waals surface area contributed by atoms with Crippen LogP contribution in [0.4, 0.5) is 5.69 Å². The summed E-state index contributed by atoms with van der Waals surface area (Å²) in [6.07, 6.45) is 0. The van der Waals surface area contributed by atoms with Crippen LogP contribution in [0.1, 0.15) is 38.1 Å². The van der Waals surface area contributed by atoms with Gasteiger partial charge in [-0.1, -0.05) is 39.0 Å². The first-order valence-electron chi connectivity index (χ1n) is 8.52. The number of amides is 1. The van der Waals surface area contributed by atoms with Crippen LogP contribution in [0.3, 0.4) is 0 Å². The molecule has 1 amide bonds. The molecule has 0 radical (unpaired) electrons. The van der Waals surface area contributed by atoms with Crippen molar-refractivity contribution in [1.29, 1.82) is 0 Å². The first kappa shape index (κ1) is 20.6. The Balaban J connectivity index is 2.16. The fourth-order valence-corrected chi connectivity index (χ4v) is 3.30. The third-order valence-corrected chi connectivity index (χ3v) is 6.11. The molecular formula is C20H25N3O3S. The molecule has 0 unspecified atom stereocenters. The van der Waals surface area contributed by atoms with Gasteiger partial charge >= 0.3 is 0 Å². The molecule has 1 N–H and O–H groups in total. The zero-order valence-corrected chi connectivity index (χ0v) is 17.0. The monoisotopic (exact) mass is 387 g/mol. The number of carbonyl (C=O) groups excluding carboxylic acids is 1. The molecule has 0 saturated carbocycles. The highest BCUT2D eigenvalue weighted by Crippen LogP contribution is 2.22. The molecule has 144 valence electrons. The molecule has 0 bridgehead atoms. The van der Waals surface area contributed by atoms with Crippen LogP contribution in [-0.2, 0) is 10.0 Å². The maximum atomic E-state index is 12.7. The number of anilines is 1. The molecule has 0 aliphatic carbocycles. The zero-order valence-electron chi connectivity index (χ0n) is 16.2. The quantitative estimate of drug-likeness (QED) is 0.628. The molecule has 2 aromatic carbocycles. The second kappa shape index (κ2) is 7.92. The molecule has 6 nitrogen and oxygen atoms in total. The lowest BCUT2D eigenvalue weighted by molar-refractivity contribution is 0.0954. The van der Waals surface area contributed by atoms with E-state index in [1.807, 2.05) is 27.7 Å². The van der Waals surface area contributed by atoms with Crippen LogP contribution in [0.15, 0.2) is 64.6 Å². The highest BCUT2D eigenvalue weighted by molar-refractivity contribution is 7.92. The largest absolute Gasteiger partial charge is 0.271 e. The molecule has 2 aromatic rings. The summed E-state index contributed by atoms with van der Waals surface area (Å²) in [5.41, 5.74) is 4.06. The molecule has 0 atom stereocenters. The van der Waals surface area contributed by atoms with Crippen LogP contribution in [0.5, 0.6) is 0 Å². The topological polar surface area (TPSA) is 78.8 Å². The zero-order chi connectivity index (χ0) is 20.2. The summed E-state index contributed by atoms with van der Waals surface area (Å²) in [7, 11) is -2.17. The van der Waals surface area contributed by atoms with Gasteiger partial charge in [-0.3, -0.25) is 9.10 Å². The van der Waals surface area contributed by atoms with Crippen LogP contribution in [0, 0.1) is 5.41 Å². The van der Waals surface area contributed by atoms with Crippen molar-refractivity contribution in [3.05, 3.63) is 60.2 Å². The van der Waals surface area contributed by atoms with E-state index in [1.165, 1.54) is 11.4 Å². The number of nitrogens with zero attached hydrogens (tertiary/aromatic N) is 2. The lowest BCUT2D eigenvalue weighted by atomic mass is 9.91. The smallest absolute Gasteiger partial charge is 0.269 e. The van der Waals surface area contributed by atoms with Gasteiger partial charge in [0.25, 0.3) is 15.9 Å². The predicted molar refractivity (Wildman–Crippen MR) is 109 cm³/mol. The summed E-state index contributed by atoms with van der Waals surface area (Å²) in [6.45, 7) is 7.88. The molecule has 0 aromatic heterocycles. The van der Waals surface area contributed by atoms with Crippen LogP contribution in [-0.4, -0.2) is 27.1 Å².